The number of urea groups is 1. The molecule has 2 aliphatic rings. The number of benzene rings is 1. The highest BCUT2D eigenvalue weighted by atomic mass is 16.4. The zero-order valence-electron chi connectivity index (χ0n) is 15.5. The second kappa shape index (κ2) is 6.37. The molecular weight excluding hydrogens is 346 g/mol. The zero-order chi connectivity index (χ0) is 19.2. The highest BCUT2D eigenvalue weighted by molar-refractivity contribution is 5.92. The first-order chi connectivity index (χ1) is 12.9. The van der Waals surface area contributed by atoms with Gasteiger partial charge in [-0.05, 0) is 44.7 Å². The van der Waals surface area contributed by atoms with Crippen LogP contribution in [0.5, 0.6) is 0 Å². The third-order valence-corrected chi connectivity index (χ3v) is 5.83. The van der Waals surface area contributed by atoms with E-state index in [-0.39, 0.29) is 18.5 Å². The third kappa shape index (κ3) is 2.85. The summed E-state index contributed by atoms with van der Waals surface area (Å²) in [7, 11) is 0. The number of likely N-dealkylation sites (tertiary alicyclic amines) is 1. The number of anilines is 1. The molecule has 0 radical (unpaired) electrons. The minimum atomic E-state index is -0.783. The van der Waals surface area contributed by atoms with E-state index in [0.29, 0.717) is 24.5 Å². The van der Waals surface area contributed by atoms with Gasteiger partial charge in [0.15, 0.2) is 0 Å². The number of nitrogens with one attached hydrogen (secondary N) is 1. The summed E-state index contributed by atoms with van der Waals surface area (Å²) in [6, 6.07) is 7.13. The molecule has 1 aromatic heterocycles. The summed E-state index contributed by atoms with van der Waals surface area (Å²) in [5.41, 5.74) is 0.574. The fourth-order valence-electron chi connectivity index (χ4n) is 4.50. The van der Waals surface area contributed by atoms with Crippen LogP contribution in [0.3, 0.4) is 0 Å². The number of aryl methyl sites for hydroxylation is 2. The van der Waals surface area contributed by atoms with Gasteiger partial charge in [-0.2, -0.15) is 5.10 Å². The quantitative estimate of drug-likeness (QED) is 0.866. The smallest absolute Gasteiger partial charge is 0.321 e. The molecule has 1 aliphatic carbocycles. The highest BCUT2D eigenvalue weighted by Gasteiger charge is 2.55. The van der Waals surface area contributed by atoms with Gasteiger partial charge in [0.1, 0.15) is 11.6 Å². The number of amides is 2. The standard InChI is InChI=1S/C19H23N5O3/c1-12-20-13(2)24(22-12)16-8-4-3-7-15(16)21-18(27)23-10-14-6-5-9-19(14,11-23)17(25)26/h3-4,7-8,14H,5-6,9-11H2,1-2H3,(H,21,27)(H,25,26)/t14-,19+/m0/s1. The second-order valence-electron chi connectivity index (χ2n) is 7.50. The maximum Gasteiger partial charge on any atom is 0.321 e. The minimum Gasteiger partial charge on any atom is -0.481 e. The number of hydrogen-bond donors (Lipinski definition) is 2. The fraction of sp³-hybridized carbons (Fsp3) is 0.474. The van der Waals surface area contributed by atoms with E-state index >= 15 is 0 Å². The predicted octanol–water partition coefficient (Wildman–Crippen LogP) is 2.60. The van der Waals surface area contributed by atoms with Crippen molar-refractivity contribution in [2.24, 2.45) is 11.3 Å². The Morgan fingerprint density at radius 3 is 2.74 bits per heavy atom. The lowest BCUT2D eigenvalue weighted by molar-refractivity contribution is -0.149. The summed E-state index contributed by atoms with van der Waals surface area (Å²) in [5.74, 6) is 0.643. The summed E-state index contributed by atoms with van der Waals surface area (Å²) in [6.45, 7) is 4.43. The number of carboxylic acid groups (broad SMARTS) is 1. The van der Waals surface area contributed by atoms with Crippen molar-refractivity contribution in [2.45, 2.75) is 33.1 Å². The molecule has 2 heterocycles. The number of carboxylic acids is 1. The van der Waals surface area contributed by atoms with Crippen LogP contribution in [-0.2, 0) is 4.79 Å². The molecule has 0 spiro atoms. The third-order valence-electron chi connectivity index (χ3n) is 5.83. The summed E-state index contributed by atoms with van der Waals surface area (Å²) in [5, 5.41) is 17.0. The molecule has 1 saturated carbocycles. The molecule has 2 fully saturated rings. The van der Waals surface area contributed by atoms with Gasteiger partial charge in [-0.15, -0.1) is 0 Å². The van der Waals surface area contributed by atoms with Crippen molar-refractivity contribution in [1.82, 2.24) is 19.7 Å². The monoisotopic (exact) mass is 369 g/mol. The van der Waals surface area contributed by atoms with Crippen molar-refractivity contribution in [2.75, 3.05) is 18.4 Å². The van der Waals surface area contributed by atoms with Crippen molar-refractivity contribution >= 4 is 17.7 Å². The van der Waals surface area contributed by atoms with Gasteiger partial charge < -0.3 is 15.3 Å². The highest BCUT2D eigenvalue weighted by Crippen LogP contribution is 2.49. The Labute approximate surface area is 157 Å². The molecule has 27 heavy (non-hydrogen) atoms. The zero-order valence-corrected chi connectivity index (χ0v) is 15.5. The van der Waals surface area contributed by atoms with Gasteiger partial charge in [-0.1, -0.05) is 18.6 Å². The first-order valence-corrected chi connectivity index (χ1v) is 9.20. The van der Waals surface area contributed by atoms with E-state index in [1.807, 2.05) is 38.1 Å². The average Bonchev–Trinajstić information content (AvgIpc) is 3.27. The molecule has 0 bridgehead atoms. The van der Waals surface area contributed by atoms with Crippen LogP contribution < -0.4 is 5.32 Å². The Morgan fingerprint density at radius 1 is 1.30 bits per heavy atom. The average molecular weight is 369 g/mol. The van der Waals surface area contributed by atoms with Crippen molar-refractivity contribution < 1.29 is 14.7 Å². The van der Waals surface area contributed by atoms with Crippen molar-refractivity contribution in [3.8, 4) is 5.69 Å². The molecule has 2 atom stereocenters. The van der Waals surface area contributed by atoms with Crippen molar-refractivity contribution in [3.63, 3.8) is 0 Å². The molecule has 8 heteroatoms. The van der Waals surface area contributed by atoms with Crippen LogP contribution in [0.25, 0.3) is 5.69 Å². The van der Waals surface area contributed by atoms with E-state index in [1.54, 1.807) is 9.58 Å². The van der Waals surface area contributed by atoms with Gasteiger partial charge in [0.2, 0.25) is 0 Å². The molecule has 1 aliphatic heterocycles. The molecule has 1 aromatic carbocycles. The Kier molecular flexibility index (Phi) is 4.13. The van der Waals surface area contributed by atoms with E-state index in [2.05, 4.69) is 15.4 Å². The molecule has 2 amide bonds. The van der Waals surface area contributed by atoms with Crippen molar-refractivity contribution in [3.05, 3.63) is 35.9 Å². The van der Waals surface area contributed by atoms with E-state index in [9.17, 15) is 14.7 Å². The number of carbonyl (C=O) groups is 2. The van der Waals surface area contributed by atoms with Crippen LogP contribution >= 0.6 is 0 Å². The van der Waals surface area contributed by atoms with Crippen LogP contribution in [0.1, 0.15) is 30.9 Å². The lowest BCUT2D eigenvalue weighted by atomic mass is 9.81. The molecular formula is C19H23N5O3. The summed E-state index contributed by atoms with van der Waals surface area (Å²) < 4.78 is 1.70. The topological polar surface area (TPSA) is 100 Å². The van der Waals surface area contributed by atoms with Crippen LogP contribution in [-0.4, -0.2) is 49.9 Å². The SMILES string of the molecule is Cc1nc(C)n(-c2ccccc2NC(=O)N2C[C@@H]3CCC[C@@]3(C(=O)O)C2)n1. The van der Waals surface area contributed by atoms with Crippen LogP contribution in [0.2, 0.25) is 0 Å². The summed E-state index contributed by atoms with van der Waals surface area (Å²) >= 11 is 0. The predicted molar refractivity (Wildman–Crippen MR) is 98.8 cm³/mol. The molecule has 8 nitrogen and oxygen atoms in total. The van der Waals surface area contributed by atoms with Crippen LogP contribution in [0, 0.1) is 25.2 Å². The Morgan fingerprint density at radius 2 is 2.07 bits per heavy atom. The maximum absolute atomic E-state index is 12.9. The van der Waals surface area contributed by atoms with Crippen molar-refractivity contribution in [1.29, 1.82) is 0 Å². The van der Waals surface area contributed by atoms with Gasteiger partial charge in [-0.25, -0.2) is 14.5 Å². The Balaban J connectivity index is 1.57. The van der Waals surface area contributed by atoms with E-state index < -0.39 is 11.4 Å². The molecule has 2 N–H and O–H groups in total. The number of rotatable bonds is 3. The minimum absolute atomic E-state index is 0.0382. The lowest BCUT2D eigenvalue weighted by Gasteiger charge is -2.23. The molecule has 0 unspecified atom stereocenters. The van der Waals surface area contributed by atoms with E-state index in [1.165, 1.54) is 0 Å². The number of hydrogen-bond acceptors (Lipinski definition) is 4. The molecule has 1 saturated heterocycles. The Bertz CT molecular complexity index is 909. The number of fused-ring (bicyclic) bond motifs is 1. The van der Waals surface area contributed by atoms with Gasteiger partial charge in [-0.3, -0.25) is 4.79 Å². The van der Waals surface area contributed by atoms with Gasteiger partial charge in [0.05, 0.1) is 16.8 Å². The fourth-order valence-corrected chi connectivity index (χ4v) is 4.50. The molecule has 4 rings (SSSR count). The van der Waals surface area contributed by atoms with E-state index in [0.717, 1.165) is 24.4 Å². The lowest BCUT2D eigenvalue weighted by Crippen LogP contribution is -2.38. The van der Waals surface area contributed by atoms with Gasteiger partial charge in [0, 0.05) is 13.1 Å². The summed E-state index contributed by atoms with van der Waals surface area (Å²) in [4.78, 5) is 30.6. The molecule has 142 valence electrons. The first kappa shape index (κ1) is 17.5. The maximum atomic E-state index is 12.9. The van der Waals surface area contributed by atoms with E-state index in [4.69, 9.17) is 0 Å². The second-order valence-corrected chi connectivity index (χ2v) is 7.50. The summed E-state index contributed by atoms with van der Waals surface area (Å²) in [6.07, 6.45) is 2.43. The number of aliphatic carboxylic acids is 1. The van der Waals surface area contributed by atoms with Gasteiger partial charge >= 0.3 is 12.0 Å². The van der Waals surface area contributed by atoms with Crippen LogP contribution in [0.4, 0.5) is 10.5 Å². The molecule has 2 aromatic rings. The van der Waals surface area contributed by atoms with Crippen LogP contribution in [0.15, 0.2) is 24.3 Å². The number of carbonyl (C=O) groups excluding carboxylic acids is 1. The largest absolute Gasteiger partial charge is 0.481 e. The first-order valence-electron chi connectivity index (χ1n) is 9.20. The Hall–Kier alpha value is -2.90. The number of aromatic nitrogens is 3. The number of para-hydroxylation sites is 2. The van der Waals surface area contributed by atoms with Gasteiger partial charge in [0.25, 0.3) is 0 Å². The normalized spacial score (nSPS) is 24.1. The number of nitrogens with zero attached hydrogens (tertiary/aromatic N) is 4.